The molecule has 0 saturated heterocycles. The molecular formula is C58H38N2S. The Hall–Kier alpha value is -7.72. The number of thiophene rings is 1. The first-order valence-electron chi connectivity index (χ1n) is 20.8. The van der Waals surface area contributed by atoms with Crippen molar-refractivity contribution in [1.82, 2.24) is 4.57 Å². The third-order valence-electron chi connectivity index (χ3n) is 12.2. The summed E-state index contributed by atoms with van der Waals surface area (Å²) in [6.45, 7) is 0. The standard InChI is InChI=1S/C58H38N2S/c1-3-14-39(15-4-1)41-28-30-42(31-29-41)43-32-35-46(36-33-43)59(54-26-13-27-55-57(54)50-37-34-44-18-7-8-21-48(44)58(50)61-55)52-24-12-25-53-56(52)49-22-9-10-23-51(49)60(53)47-20-11-19-45(38-47)40-16-5-2-6-17-40/h1-38H. The largest absolute Gasteiger partial charge is 0.309 e. The van der Waals surface area contributed by atoms with E-state index in [9.17, 15) is 0 Å². The van der Waals surface area contributed by atoms with Gasteiger partial charge in [-0.1, -0.05) is 176 Å². The second kappa shape index (κ2) is 14.5. The van der Waals surface area contributed by atoms with Gasteiger partial charge in [0, 0.05) is 42.3 Å². The molecule has 0 aliphatic heterocycles. The molecule has 0 spiro atoms. The van der Waals surface area contributed by atoms with Gasteiger partial charge in [-0.05, 0) is 98.8 Å². The molecule has 2 heterocycles. The third kappa shape index (κ3) is 5.93. The number of fused-ring (bicyclic) bond motifs is 8. The van der Waals surface area contributed by atoms with Gasteiger partial charge in [0.1, 0.15) is 0 Å². The van der Waals surface area contributed by atoms with Crippen molar-refractivity contribution in [3.63, 3.8) is 0 Å². The van der Waals surface area contributed by atoms with E-state index < -0.39 is 0 Å². The topological polar surface area (TPSA) is 8.17 Å². The summed E-state index contributed by atoms with van der Waals surface area (Å²) in [5.41, 5.74) is 14.1. The van der Waals surface area contributed by atoms with Gasteiger partial charge in [-0.3, -0.25) is 0 Å². The summed E-state index contributed by atoms with van der Waals surface area (Å²) >= 11 is 1.89. The fourth-order valence-corrected chi connectivity index (χ4v) is 10.6. The lowest BCUT2D eigenvalue weighted by molar-refractivity contribution is 1.18. The molecular weight excluding hydrogens is 757 g/mol. The van der Waals surface area contributed by atoms with Crippen LogP contribution >= 0.6 is 11.3 Å². The van der Waals surface area contributed by atoms with Crippen LogP contribution in [0, 0.1) is 0 Å². The Kier molecular flexibility index (Phi) is 8.39. The average molecular weight is 795 g/mol. The summed E-state index contributed by atoms with van der Waals surface area (Å²) in [5, 5.41) is 7.54. The molecule has 10 aromatic carbocycles. The second-order valence-corrected chi connectivity index (χ2v) is 16.7. The number of hydrogen-bond donors (Lipinski definition) is 0. The summed E-state index contributed by atoms with van der Waals surface area (Å²) in [6, 6.07) is 84.1. The molecule has 2 aromatic heterocycles. The van der Waals surface area contributed by atoms with Crippen molar-refractivity contribution < 1.29 is 0 Å². The van der Waals surface area contributed by atoms with Crippen LogP contribution in [0.25, 0.3) is 91.8 Å². The van der Waals surface area contributed by atoms with Gasteiger partial charge >= 0.3 is 0 Å². The molecule has 2 nitrogen and oxygen atoms in total. The number of aromatic nitrogens is 1. The van der Waals surface area contributed by atoms with Crippen molar-refractivity contribution in [3.8, 4) is 39.1 Å². The monoisotopic (exact) mass is 794 g/mol. The van der Waals surface area contributed by atoms with Crippen LogP contribution in [0.4, 0.5) is 17.1 Å². The van der Waals surface area contributed by atoms with Crippen LogP contribution in [0.2, 0.25) is 0 Å². The van der Waals surface area contributed by atoms with Gasteiger partial charge in [0.2, 0.25) is 0 Å². The zero-order valence-corrected chi connectivity index (χ0v) is 34.1. The van der Waals surface area contributed by atoms with Crippen molar-refractivity contribution in [2.75, 3.05) is 4.90 Å². The molecule has 12 rings (SSSR count). The number of anilines is 3. The molecule has 0 unspecified atom stereocenters. The van der Waals surface area contributed by atoms with E-state index in [0.717, 1.165) is 28.3 Å². The summed E-state index contributed by atoms with van der Waals surface area (Å²) in [7, 11) is 0. The van der Waals surface area contributed by atoms with Gasteiger partial charge in [0.15, 0.2) is 0 Å². The van der Waals surface area contributed by atoms with Crippen LogP contribution in [0.15, 0.2) is 231 Å². The number of para-hydroxylation sites is 1. The quantitative estimate of drug-likeness (QED) is 0.156. The van der Waals surface area contributed by atoms with Crippen LogP contribution in [0.3, 0.4) is 0 Å². The lowest BCUT2D eigenvalue weighted by Crippen LogP contribution is -2.11. The highest BCUT2D eigenvalue weighted by atomic mass is 32.1. The van der Waals surface area contributed by atoms with Gasteiger partial charge in [0.25, 0.3) is 0 Å². The molecule has 0 aliphatic carbocycles. The number of hydrogen-bond acceptors (Lipinski definition) is 2. The fraction of sp³-hybridized carbons (Fsp3) is 0. The van der Waals surface area contributed by atoms with Crippen LogP contribution in [-0.4, -0.2) is 4.57 Å². The smallest absolute Gasteiger partial charge is 0.0562 e. The summed E-state index contributed by atoms with van der Waals surface area (Å²) in [6.07, 6.45) is 0. The summed E-state index contributed by atoms with van der Waals surface area (Å²) in [4.78, 5) is 2.51. The summed E-state index contributed by atoms with van der Waals surface area (Å²) in [5.74, 6) is 0. The molecule has 3 heteroatoms. The van der Waals surface area contributed by atoms with E-state index in [1.165, 1.54) is 80.6 Å². The Labute approximate surface area is 358 Å². The van der Waals surface area contributed by atoms with Crippen molar-refractivity contribution >= 4 is 81.1 Å². The summed E-state index contributed by atoms with van der Waals surface area (Å²) < 4.78 is 5.03. The normalized spacial score (nSPS) is 11.6. The zero-order valence-electron chi connectivity index (χ0n) is 33.2. The van der Waals surface area contributed by atoms with E-state index in [2.05, 4.69) is 240 Å². The minimum atomic E-state index is 1.10. The first kappa shape index (κ1) is 35.2. The predicted octanol–water partition coefficient (Wildman–Crippen LogP) is 16.8. The molecule has 61 heavy (non-hydrogen) atoms. The highest BCUT2D eigenvalue weighted by molar-refractivity contribution is 7.26. The third-order valence-corrected chi connectivity index (χ3v) is 13.4. The fourth-order valence-electron chi connectivity index (χ4n) is 9.34. The maximum Gasteiger partial charge on any atom is 0.0562 e. The highest BCUT2D eigenvalue weighted by Crippen LogP contribution is 2.49. The van der Waals surface area contributed by atoms with Crippen molar-refractivity contribution in [3.05, 3.63) is 231 Å². The molecule has 12 aromatic rings. The van der Waals surface area contributed by atoms with E-state index in [-0.39, 0.29) is 0 Å². The Morgan fingerprint density at radius 1 is 0.344 bits per heavy atom. The molecule has 0 fully saturated rings. The van der Waals surface area contributed by atoms with Gasteiger partial charge in [-0.25, -0.2) is 0 Å². The molecule has 0 aliphatic rings. The van der Waals surface area contributed by atoms with Crippen molar-refractivity contribution in [2.45, 2.75) is 0 Å². The first-order chi connectivity index (χ1) is 30.3. The Morgan fingerprint density at radius 2 is 0.885 bits per heavy atom. The van der Waals surface area contributed by atoms with Crippen molar-refractivity contribution in [1.29, 1.82) is 0 Å². The van der Waals surface area contributed by atoms with E-state index in [1.54, 1.807) is 0 Å². The SMILES string of the molecule is c1ccc(-c2ccc(-c3ccc(N(c4cccc5sc6c7ccccc7ccc6c45)c4cccc5c4c4ccccc4n5-c4cccc(-c5ccccc5)c4)cc3)cc2)cc1. The average Bonchev–Trinajstić information content (AvgIpc) is 3.90. The Morgan fingerprint density at radius 3 is 1.62 bits per heavy atom. The lowest BCUT2D eigenvalue weighted by Gasteiger charge is -2.28. The Balaban J connectivity index is 1.08. The van der Waals surface area contributed by atoms with Crippen molar-refractivity contribution in [2.24, 2.45) is 0 Å². The molecule has 286 valence electrons. The van der Waals surface area contributed by atoms with Crippen LogP contribution in [-0.2, 0) is 0 Å². The van der Waals surface area contributed by atoms with Gasteiger partial charge in [-0.15, -0.1) is 11.3 Å². The lowest BCUT2D eigenvalue weighted by atomic mass is 9.99. The van der Waals surface area contributed by atoms with Crippen LogP contribution in [0.1, 0.15) is 0 Å². The van der Waals surface area contributed by atoms with Crippen LogP contribution < -0.4 is 4.90 Å². The van der Waals surface area contributed by atoms with Crippen LogP contribution in [0.5, 0.6) is 0 Å². The van der Waals surface area contributed by atoms with Gasteiger partial charge < -0.3 is 9.47 Å². The minimum absolute atomic E-state index is 1.10. The predicted molar refractivity (Wildman–Crippen MR) is 262 cm³/mol. The molecule has 0 atom stereocenters. The molecule has 0 saturated carbocycles. The molecule has 0 radical (unpaired) electrons. The number of benzene rings is 10. The first-order valence-corrected chi connectivity index (χ1v) is 21.7. The second-order valence-electron chi connectivity index (χ2n) is 15.7. The highest BCUT2D eigenvalue weighted by Gasteiger charge is 2.24. The number of rotatable bonds is 7. The minimum Gasteiger partial charge on any atom is -0.309 e. The molecule has 0 bridgehead atoms. The van der Waals surface area contributed by atoms with E-state index in [1.807, 2.05) is 11.3 Å². The number of nitrogens with zero attached hydrogens (tertiary/aromatic N) is 2. The van der Waals surface area contributed by atoms with E-state index >= 15 is 0 Å². The van der Waals surface area contributed by atoms with Gasteiger partial charge in [0.05, 0.1) is 22.4 Å². The Bertz CT molecular complexity index is 3560. The maximum atomic E-state index is 2.51. The zero-order chi connectivity index (χ0) is 40.3. The maximum absolute atomic E-state index is 2.51. The van der Waals surface area contributed by atoms with Gasteiger partial charge in [-0.2, -0.15) is 0 Å². The van der Waals surface area contributed by atoms with E-state index in [0.29, 0.717) is 0 Å². The van der Waals surface area contributed by atoms with E-state index in [4.69, 9.17) is 0 Å². The molecule has 0 amide bonds. The molecule has 0 N–H and O–H groups in total.